The second-order valence-electron chi connectivity index (χ2n) is 5.63. The molecule has 6 nitrogen and oxygen atoms in total. The predicted octanol–water partition coefficient (Wildman–Crippen LogP) is 1.59. The number of amides is 1. The van der Waals surface area contributed by atoms with Crippen molar-refractivity contribution in [2.75, 3.05) is 13.1 Å². The molecule has 6 heteroatoms. The molecule has 120 valence electrons. The molecule has 1 fully saturated rings. The Morgan fingerprint density at radius 3 is 3.04 bits per heavy atom. The van der Waals surface area contributed by atoms with Gasteiger partial charge in [-0.1, -0.05) is 6.07 Å². The number of likely N-dealkylation sites (tertiary alicyclic amines) is 1. The van der Waals surface area contributed by atoms with Crippen molar-refractivity contribution >= 4 is 5.91 Å². The summed E-state index contributed by atoms with van der Waals surface area (Å²) in [5.74, 6) is -0.0732. The molecule has 1 aliphatic heterocycles. The van der Waals surface area contributed by atoms with Crippen molar-refractivity contribution in [3.8, 4) is 0 Å². The van der Waals surface area contributed by atoms with Gasteiger partial charge in [0, 0.05) is 37.7 Å². The van der Waals surface area contributed by atoms with E-state index in [0.29, 0.717) is 25.3 Å². The van der Waals surface area contributed by atoms with E-state index >= 15 is 0 Å². The van der Waals surface area contributed by atoms with Crippen molar-refractivity contribution in [1.29, 1.82) is 0 Å². The summed E-state index contributed by atoms with van der Waals surface area (Å²) < 4.78 is 5.91. The number of hydrogen-bond acceptors (Lipinski definition) is 4. The maximum Gasteiger partial charge on any atom is 0.255 e. The van der Waals surface area contributed by atoms with E-state index in [1.165, 1.54) is 12.3 Å². The molecule has 1 aliphatic rings. The van der Waals surface area contributed by atoms with E-state index < -0.39 is 0 Å². The zero-order valence-electron chi connectivity index (χ0n) is 12.8. The first kappa shape index (κ1) is 15.4. The van der Waals surface area contributed by atoms with Crippen LogP contribution in [-0.2, 0) is 11.3 Å². The summed E-state index contributed by atoms with van der Waals surface area (Å²) in [5.41, 5.74) is 1.31. The lowest BCUT2D eigenvalue weighted by atomic mass is 10.1. The van der Waals surface area contributed by atoms with Crippen LogP contribution in [0.1, 0.15) is 28.8 Å². The van der Waals surface area contributed by atoms with Gasteiger partial charge in [-0.05, 0) is 30.5 Å². The van der Waals surface area contributed by atoms with Crippen molar-refractivity contribution in [2.24, 2.45) is 0 Å². The fourth-order valence-electron chi connectivity index (χ4n) is 2.68. The average molecular weight is 313 g/mol. The number of carbonyl (C=O) groups excluding carboxylic acids is 1. The number of ether oxygens (including phenoxy) is 1. The quantitative estimate of drug-likeness (QED) is 0.930. The van der Waals surface area contributed by atoms with Gasteiger partial charge in [0.1, 0.15) is 0 Å². The average Bonchev–Trinajstić information content (AvgIpc) is 2.61. The Balaban J connectivity index is 1.58. The zero-order chi connectivity index (χ0) is 16.1. The van der Waals surface area contributed by atoms with Gasteiger partial charge in [0.25, 0.3) is 5.91 Å². The van der Waals surface area contributed by atoms with Crippen LogP contribution in [0.2, 0.25) is 0 Å². The molecule has 0 aromatic carbocycles. The number of pyridine rings is 2. The highest BCUT2D eigenvalue weighted by Crippen LogP contribution is 2.17. The summed E-state index contributed by atoms with van der Waals surface area (Å²) in [7, 11) is 0. The lowest BCUT2D eigenvalue weighted by Crippen LogP contribution is -2.43. The van der Waals surface area contributed by atoms with E-state index in [-0.39, 0.29) is 17.6 Å². The van der Waals surface area contributed by atoms with Crippen molar-refractivity contribution in [3.63, 3.8) is 0 Å². The topological polar surface area (TPSA) is 75.3 Å². The first-order valence-electron chi connectivity index (χ1n) is 7.71. The first-order chi connectivity index (χ1) is 11.2. The molecule has 3 rings (SSSR count). The first-order valence-corrected chi connectivity index (χ1v) is 7.71. The van der Waals surface area contributed by atoms with Crippen LogP contribution >= 0.6 is 0 Å². The highest BCUT2D eigenvalue weighted by atomic mass is 16.5. The van der Waals surface area contributed by atoms with Crippen LogP contribution in [0.3, 0.4) is 0 Å². The Kier molecular flexibility index (Phi) is 4.83. The third kappa shape index (κ3) is 4.04. The predicted molar refractivity (Wildman–Crippen MR) is 85.0 cm³/mol. The fourth-order valence-corrected chi connectivity index (χ4v) is 2.68. The van der Waals surface area contributed by atoms with E-state index in [0.717, 1.165) is 18.4 Å². The molecule has 1 amide bonds. The second kappa shape index (κ2) is 7.19. The Labute approximate surface area is 134 Å². The van der Waals surface area contributed by atoms with Crippen molar-refractivity contribution < 1.29 is 9.53 Å². The third-order valence-electron chi connectivity index (χ3n) is 3.91. The van der Waals surface area contributed by atoms with Gasteiger partial charge in [-0.2, -0.15) is 0 Å². The van der Waals surface area contributed by atoms with Gasteiger partial charge < -0.3 is 14.6 Å². The maximum atomic E-state index is 12.5. The van der Waals surface area contributed by atoms with Gasteiger partial charge in [0.05, 0.1) is 18.3 Å². The standard InChI is InChI=1S/C17H19N3O3/c21-16-6-5-14(10-19-16)17(22)20-8-2-4-15(11-20)23-12-13-3-1-7-18-9-13/h1,3,5-7,9-10,15H,2,4,8,11-12H2,(H,19,21)/t15-/m0/s1. The molecular weight excluding hydrogens is 294 g/mol. The molecule has 1 N–H and O–H groups in total. The van der Waals surface area contributed by atoms with Crippen LogP contribution in [0.25, 0.3) is 0 Å². The lowest BCUT2D eigenvalue weighted by Gasteiger charge is -2.32. The van der Waals surface area contributed by atoms with Crippen LogP contribution in [0, 0.1) is 0 Å². The fraction of sp³-hybridized carbons (Fsp3) is 0.353. The molecule has 1 atom stereocenters. The number of nitrogens with zero attached hydrogens (tertiary/aromatic N) is 2. The molecule has 0 saturated carbocycles. The number of aromatic amines is 1. The maximum absolute atomic E-state index is 12.5. The smallest absolute Gasteiger partial charge is 0.255 e. The van der Waals surface area contributed by atoms with E-state index in [4.69, 9.17) is 4.74 Å². The molecular formula is C17H19N3O3. The second-order valence-corrected chi connectivity index (χ2v) is 5.63. The number of nitrogens with one attached hydrogen (secondary N) is 1. The van der Waals surface area contributed by atoms with Gasteiger partial charge >= 0.3 is 0 Å². The number of piperidine rings is 1. The minimum Gasteiger partial charge on any atom is -0.372 e. The van der Waals surface area contributed by atoms with Gasteiger partial charge in [-0.25, -0.2) is 0 Å². The summed E-state index contributed by atoms with van der Waals surface area (Å²) in [5, 5.41) is 0. The Hall–Kier alpha value is -2.47. The number of carbonyl (C=O) groups is 1. The molecule has 0 spiro atoms. The molecule has 2 aromatic rings. The van der Waals surface area contributed by atoms with Gasteiger partial charge in [-0.3, -0.25) is 14.6 Å². The van der Waals surface area contributed by atoms with Crippen molar-refractivity contribution in [1.82, 2.24) is 14.9 Å². The minimum absolute atomic E-state index is 0.0238. The van der Waals surface area contributed by atoms with Gasteiger partial charge in [0.15, 0.2) is 0 Å². The highest BCUT2D eigenvalue weighted by Gasteiger charge is 2.25. The van der Waals surface area contributed by atoms with E-state index in [2.05, 4.69) is 9.97 Å². The van der Waals surface area contributed by atoms with Crippen LogP contribution in [0.5, 0.6) is 0 Å². The highest BCUT2D eigenvalue weighted by molar-refractivity contribution is 5.93. The normalized spacial score (nSPS) is 17.9. The van der Waals surface area contributed by atoms with E-state index in [1.54, 1.807) is 23.4 Å². The summed E-state index contributed by atoms with van der Waals surface area (Å²) >= 11 is 0. The molecule has 2 aromatic heterocycles. The molecule has 0 aliphatic carbocycles. The molecule has 0 radical (unpaired) electrons. The Morgan fingerprint density at radius 2 is 2.30 bits per heavy atom. The summed E-state index contributed by atoms with van der Waals surface area (Å²) in [6.07, 6.45) is 6.85. The molecule has 3 heterocycles. The van der Waals surface area contributed by atoms with Crippen LogP contribution in [0.4, 0.5) is 0 Å². The number of H-pyrrole nitrogens is 1. The van der Waals surface area contributed by atoms with Gasteiger partial charge in [0.2, 0.25) is 5.56 Å². The largest absolute Gasteiger partial charge is 0.372 e. The SMILES string of the molecule is O=C(c1ccc(=O)[nH]c1)N1CCC[C@H](OCc2cccnc2)C1. The van der Waals surface area contributed by atoms with Crippen molar-refractivity contribution in [3.05, 3.63) is 64.3 Å². The number of rotatable bonds is 4. The molecule has 0 unspecified atom stereocenters. The number of hydrogen-bond donors (Lipinski definition) is 1. The molecule has 1 saturated heterocycles. The summed E-state index contributed by atoms with van der Waals surface area (Å²) in [4.78, 5) is 31.9. The van der Waals surface area contributed by atoms with Crippen LogP contribution < -0.4 is 5.56 Å². The summed E-state index contributed by atoms with van der Waals surface area (Å²) in [6.45, 7) is 1.78. The van der Waals surface area contributed by atoms with Crippen LogP contribution in [-0.4, -0.2) is 40.0 Å². The van der Waals surface area contributed by atoms with E-state index in [9.17, 15) is 9.59 Å². The van der Waals surface area contributed by atoms with Crippen LogP contribution in [0.15, 0.2) is 47.7 Å². The Morgan fingerprint density at radius 1 is 1.39 bits per heavy atom. The molecule has 23 heavy (non-hydrogen) atoms. The van der Waals surface area contributed by atoms with Gasteiger partial charge in [-0.15, -0.1) is 0 Å². The van der Waals surface area contributed by atoms with E-state index in [1.807, 2.05) is 12.1 Å². The minimum atomic E-state index is -0.210. The monoisotopic (exact) mass is 313 g/mol. The third-order valence-corrected chi connectivity index (χ3v) is 3.91. The summed E-state index contributed by atoms with van der Waals surface area (Å²) in [6, 6.07) is 6.78. The zero-order valence-corrected chi connectivity index (χ0v) is 12.8. The van der Waals surface area contributed by atoms with Crippen molar-refractivity contribution in [2.45, 2.75) is 25.6 Å². The molecule has 0 bridgehead atoms. The Bertz CT molecular complexity index is 694. The lowest BCUT2D eigenvalue weighted by molar-refractivity contribution is -0.00682. The number of aromatic nitrogens is 2.